The van der Waals surface area contributed by atoms with Crippen molar-refractivity contribution in [3.8, 4) is 0 Å². The van der Waals surface area contributed by atoms with Gasteiger partial charge in [0, 0.05) is 12.6 Å². The first-order chi connectivity index (χ1) is 10.2. The minimum Gasteiger partial charge on any atom is -0.322 e. The van der Waals surface area contributed by atoms with Crippen LogP contribution in [0.2, 0.25) is 0 Å². The zero-order valence-corrected chi connectivity index (χ0v) is 13.0. The fraction of sp³-hybridized carbons (Fsp3) is 0.588. The summed E-state index contributed by atoms with van der Waals surface area (Å²) in [5, 5.41) is 3.43. The second-order valence-corrected chi connectivity index (χ2v) is 6.29. The number of likely N-dealkylation sites (tertiary alicyclic amines) is 1. The molecule has 21 heavy (non-hydrogen) atoms. The monoisotopic (exact) mass is 287 g/mol. The lowest BCUT2D eigenvalue weighted by Gasteiger charge is -2.31. The molecular formula is C17H25N3O. The van der Waals surface area contributed by atoms with Crippen molar-refractivity contribution in [3.05, 3.63) is 35.9 Å². The van der Waals surface area contributed by atoms with Crippen molar-refractivity contribution in [1.29, 1.82) is 0 Å². The zero-order valence-electron chi connectivity index (χ0n) is 13.0. The summed E-state index contributed by atoms with van der Waals surface area (Å²) < 4.78 is 0. The molecule has 2 saturated heterocycles. The Bertz CT molecular complexity index is 484. The van der Waals surface area contributed by atoms with Gasteiger partial charge in [-0.1, -0.05) is 30.3 Å². The molecule has 1 amide bonds. The van der Waals surface area contributed by atoms with E-state index in [1.54, 1.807) is 0 Å². The molecule has 2 aliphatic rings. The van der Waals surface area contributed by atoms with Crippen LogP contribution in [0.5, 0.6) is 0 Å². The van der Waals surface area contributed by atoms with Crippen LogP contribution in [0, 0.1) is 0 Å². The maximum Gasteiger partial charge on any atom is 0.245 e. The number of carbonyl (C=O) groups excluding carboxylic acids is 1. The van der Waals surface area contributed by atoms with Crippen LogP contribution in [-0.2, 0) is 4.79 Å². The fourth-order valence-corrected chi connectivity index (χ4v) is 3.64. The average molecular weight is 287 g/mol. The number of hydrogen-bond acceptors (Lipinski definition) is 3. The zero-order chi connectivity index (χ0) is 14.8. The fourth-order valence-electron chi connectivity index (χ4n) is 3.64. The second-order valence-electron chi connectivity index (χ2n) is 6.29. The highest BCUT2D eigenvalue weighted by atomic mass is 16.2. The number of rotatable bonds is 4. The molecule has 0 aliphatic carbocycles. The molecule has 114 valence electrons. The number of benzene rings is 1. The maximum absolute atomic E-state index is 12.8. The molecule has 0 bridgehead atoms. The van der Waals surface area contributed by atoms with Gasteiger partial charge in [-0.05, 0) is 45.3 Å². The van der Waals surface area contributed by atoms with Gasteiger partial charge in [-0.15, -0.1) is 0 Å². The topological polar surface area (TPSA) is 35.6 Å². The van der Waals surface area contributed by atoms with Gasteiger partial charge in [0.05, 0.1) is 6.17 Å². The molecule has 0 saturated carbocycles. The standard InChI is InChI=1S/C17H25N3O/c1-13(12-19-10-6-7-11-19)20-14(2)18-16(17(20)21)15-8-4-3-5-9-15/h3-5,8-9,13-14,16,18H,6-7,10-12H2,1-2H3. The Labute approximate surface area is 127 Å². The highest BCUT2D eigenvalue weighted by Gasteiger charge is 2.40. The van der Waals surface area contributed by atoms with Gasteiger partial charge in [0.1, 0.15) is 6.04 Å². The summed E-state index contributed by atoms with van der Waals surface area (Å²) in [4.78, 5) is 17.3. The van der Waals surface area contributed by atoms with Crippen molar-refractivity contribution >= 4 is 5.91 Å². The number of amides is 1. The van der Waals surface area contributed by atoms with Crippen molar-refractivity contribution < 1.29 is 4.79 Å². The third kappa shape index (κ3) is 2.97. The van der Waals surface area contributed by atoms with Crippen LogP contribution in [0.25, 0.3) is 0 Å². The molecular weight excluding hydrogens is 262 g/mol. The molecule has 1 aromatic rings. The SMILES string of the molecule is CC(CN1CCCC1)N1C(=O)C(c2ccccc2)NC1C. The third-order valence-electron chi connectivity index (χ3n) is 4.66. The highest BCUT2D eigenvalue weighted by molar-refractivity contribution is 5.85. The molecule has 1 aromatic carbocycles. The number of nitrogens with one attached hydrogen (secondary N) is 1. The van der Waals surface area contributed by atoms with Gasteiger partial charge in [-0.2, -0.15) is 0 Å². The maximum atomic E-state index is 12.8. The number of nitrogens with zero attached hydrogens (tertiary/aromatic N) is 2. The van der Waals surface area contributed by atoms with Gasteiger partial charge in [0.25, 0.3) is 0 Å². The van der Waals surface area contributed by atoms with Crippen LogP contribution in [0.1, 0.15) is 38.3 Å². The second kappa shape index (κ2) is 6.16. The van der Waals surface area contributed by atoms with E-state index in [9.17, 15) is 4.79 Å². The van der Waals surface area contributed by atoms with E-state index in [1.807, 2.05) is 35.2 Å². The lowest BCUT2D eigenvalue weighted by Crippen LogP contribution is -2.46. The molecule has 0 spiro atoms. The largest absolute Gasteiger partial charge is 0.322 e. The van der Waals surface area contributed by atoms with Crippen molar-refractivity contribution in [1.82, 2.24) is 15.1 Å². The molecule has 3 rings (SSSR count). The molecule has 4 nitrogen and oxygen atoms in total. The molecule has 2 fully saturated rings. The predicted molar refractivity (Wildman–Crippen MR) is 83.8 cm³/mol. The first-order valence-corrected chi connectivity index (χ1v) is 8.02. The molecule has 4 heteroatoms. The third-order valence-corrected chi connectivity index (χ3v) is 4.66. The van der Waals surface area contributed by atoms with Gasteiger partial charge in [0.2, 0.25) is 5.91 Å². The molecule has 2 heterocycles. The first kappa shape index (κ1) is 14.5. The molecule has 0 radical (unpaired) electrons. The molecule has 0 aromatic heterocycles. The predicted octanol–water partition coefficient (Wildman–Crippen LogP) is 1.99. The van der Waals surface area contributed by atoms with E-state index < -0.39 is 0 Å². The van der Waals surface area contributed by atoms with Crippen molar-refractivity contribution in [2.45, 2.75) is 44.9 Å². The summed E-state index contributed by atoms with van der Waals surface area (Å²) in [7, 11) is 0. The normalized spacial score (nSPS) is 28.3. The van der Waals surface area contributed by atoms with E-state index in [4.69, 9.17) is 0 Å². The van der Waals surface area contributed by atoms with Crippen molar-refractivity contribution in [2.24, 2.45) is 0 Å². The van der Waals surface area contributed by atoms with E-state index in [2.05, 4.69) is 24.1 Å². The molecule has 2 aliphatic heterocycles. The number of carbonyl (C=O) groups is 1. The lowest BCUT2D eigenvalue weighted by atomic mass is 10.1. The van der Waals surface area contributed by atoms with E-state index in [1.165, 1.54) is 25.9 Å². The average Bonchev–Trinajstić information content (AvgIpc) is 3.08. The molecule has 3 atom stereocenters. The Morgan fingerprint density at radius 2 is 1.90 bits per heavy atom. The van der Waals surface area contributed by atoms with E-state index >= 15 is 0 Å². The summed E-state index contributed by atoms with van der Waals surface area (Å²) in [6.45, 7) is 7.59. The lowest BCUT2D eigenvalue weighted by molar-refractivity contribution is -0.132. The summed E-state index contributed by atoms with van der Waals surface area (Å²) in [5.74, 6) is 0.209. The van der Waals surface area contributed by atoms with Gasteiger partial charge < -0.3 is 9.80 Å². The van der Waals surface area contributed by atoms with Crippen LogP contribution in [-0.4, -0.2) is 47.5 Å². The smallest absolute Gasteiger partial charge is 0.245 e. The van der Waals surface area contributed by atoms with Crippen molar-refractivity contribution in [2.75, 3.05) is 19.6 Å². The van der Waals surface area contributed by atoms with Gasteiger partial charge in [-0.3, -0.25) is 10.1 Å². The van der Waals surface area contributed by atoms with Crippen LogP contribution >= 0.6 is 0 Å². The quantitative estimate of drug-likeness (QED) is 0.920. The van der Waals surface area contributed by atoms with Crippen LogP contribution in [0.15, 0.2) is 30.3 Å². The minimum absolute atomic E-state index is 0.0975. The Morgan fingerprint density at radius 3 is 2.57 bits per heavy atom. The van der Waals surface area contributed by atoms with Crippen molar-refractivity contribution in [3.63, 3.8) is 0 Å². The van der Waals surface area contributed by atoms with E-state index in [0.717, 1.165) is 12.1 Å². The molecule has 1 N–H and O–H groups in total. The van der Waals surface area contributed by atoms with Crippen LogP contribution < -0.4 is 5.32 Å². The highest BCUT2D eigenvalue weighted by Crippen LogP contribution is 2.26. The van der Waals surface area contributed by atoms with E-state index in [-0.39, 0.29) is 24.2 Å². The summed E-state index contributed by atoms with van der Waals surface area (Å²) in [6.07, 6.45) is 2.68. The van der Waals surface area contributed by atoms with Gasteiger partial charge in [0.15, 0.2) is 0 Å². The molecule has 3 unspecified atom stereocenters. The Hall–Kier alpha value is -1.39. The summed E-state index contributed by atoms with van der Waals surface area (Å²) in [5.41, 5.74) is 1.06. The van der Waals surface area contributed by atoms with Gasteiger partial charge in [-0.25, -0.2) is 0 Å². The Kier molecular flexibility index (Phi) is 4.27. The van der Waals surface area contributed by atoms with Crippen LogP contribution in [0.4, 0.5) is 0 Å². The van der Waals surface area contributed by atoms with E-state index in [0.29, 0.717) is 0 Å². The summed E-state index contributed by atoms with van der Waals surface area (Å²) >= 11 is 0. The Morgan fingerprint density at radius 1 is 1.24 bits per heavy atom. The van der Waals surface area contributed by atoms with Crippen LogP contribution in [0.3, 0.4) is 0 Å². The Balaban J connectivity index is 1.69. The minimum atomic E-state index is -0.192. The van der Waals surface area contributed by atoms with Gasteiger partial charge >= 0.3 is 0 Å². The first-order valence-electron chi connectivity index (χ1n) is 8.02. The number of hydrogen-bond donors (Lipinski definition) is 1. The summed E-state index contributed by atoms with van der Waals surface area (Å²) in [6, 6.07) is 10.1.